The Hall–Kier alpha value is -3.12. The number of aromatic nitrogens is 1. The second kappa shape index (κ2) is 7.72. The quantitative estimate of drug-likeness (QED) is 0.418. The fraction of sp³-hybridized carbons (Fsp3) is 0.217. The third-order valence-corrected chi connectivity index (χ3v) is 5.87. The minimum absolute atomic E-state index is 0.197. The van der Waals surface area contributed by atoms with Crippen molar-refractivity contribution in [2.75, 3.05) is 6.61 Å². The maximum atomic E-state index is 12.9. The molecule has 148 valence electrons. The fourth-order valence-electron chi connectivity index (χ4n) is 3.46. The molecule has 4 rings (SSSR count). The number of hydrogen-bond donors (Lipinski definition) is 0. The van der Waals surface area contributed by atoms with Crippen LogP contribution in [0.5, 0.6) is 5.75 Å². The number of nitrogens with zero attached hydrogens (tertiary/aromatic N) is 2. The van der Waals surface area contributed by atoms with Crippen LogP contribution in [0.1, 0.15) is 28.6 Å². The van der Waals surface area contributed by atoms with E-state index in [-0.39, 0.29) is 5.76 Å². The summed E-state index contributed by atoms with van der Waals surface area (Å²) in [6, 6.07) is 11.6. The molecule has 29 heavy (non-hydrogen) atoms. The molecule has 2 aromatic heterocycles. The first-order valence-corrected chi connectivity index (χ1v) is 10.3. The highest BCUT2D eigenvalue weighted by Crippen LogP contribution is 2.29. The lowest BCUT2D eigenvalue weighted by Gasteiger charge is -2.03. The zero-order chi connectivity index (χ0) is 20.5. The van der Waals surface area contributed by atoms with E-state index >= 15 is 0 Å². The van der Waals surface area contributed by atoms with Gasteiger partial charge in [0.2, 0.25) is 0 Å². The van der Waals surface area contributed by atoms with E-state index in [9.17, 15) is 4.79 Å². The van der Waals surface area contributed by atoms with E-state index in [0.717, 1.165) is 15.6 Å². The van der Waals surface area contributed by atoms with Crippen LogP contribution in [0.3, 0.4) is 0 Å². The summed E-state index contributed by atoms with van der Waals surface area (Å²) in [7, 11) is 0. The Morgan fingerprint density at radius 2 is 2.14 bits per heavy atom. The van der Waals surface area contributed by atoms with Gasteiger partial charge >= 0.3 is 5.91 Å². The van der Waals surface area contributed by atoms with Crippen LogP contribution in [0.2, 0.25) is 0 Å². The van der Waals surface area contributed by atoms with Crippen molar-refractivity contribution in [3.8, 4) is 5.75 Å². The predicted molar refractivity (Wildman–Crippen MR) is 117 cm³/mol. The first-order valence-electron chi connectivity index (χ1n) is 9.47. The molecule has 0 aliphatic heterocycles. The Balaban J connectivity index is 1.85. The predicted octanol–water partition coefficient (Wildman–Crippen LogP) is 5.39. The van der Waals surface area contributed by atoms with E-state index in [1.807, 2.05) is 35.8 Å². The fourth-order valence-corrected chi connectivity index (χ4v) is 4.54. The smallest absolute Gasteiger partial charge is 0.315 e. The van der Waals surface area contributed by atoms with Crippen molar-refractivity contribution in [1.82, 2.24) is 4.57 Å². The number of amides is 1. The summed E-state index contributed by atoms with van der Waals surface area (Å²) in [5.41, 5.74) is 3.96. The third-order valence-electron chi connectivity index (χ3n) is 4.64. The number of fused-ring (bicyclic) bond motifs is 2. The Morgan fingerprint density at radius 1 is 1.31 bits per heavy atom. The summed E-state index contributed by atoms with van der Waals surface area (Å²) < 4.78 is 14.5. The lowest BCUT2D eigenvalue weighted by molar-refractivity contribution is 0.0973. The van der Waals surface area contributed by atoms with Crippen LogP contribution in [-0.4, -0.2) is 17.1 Å². The van der Waals surface area contributed by atoms with Gasteiger partial charge in [0.15, 0.2) is 21.9 Å². The van der Waals surface area contributed by atoms with Gasteiger partial charge in [-0.1, -0.05) is 35.6 Å². The molecular formula is C23H22N2O3S. The number of rotatable bonds is 5. The van der Waals surface area contributed by atoms with Crippen LogP contribution < -0.4 is 9.54 Å². The first kappa shape index (κ1) is 19.2. The molecule has 1 amide bonds. The second-order valence-corrected chi connectivity index (χ2v) is 7.83. The molecule has 0 aliphatic carbocycles. The molecule has 0 atom stereocenters. The van der Waals surface area contributed by atoms with Gasteiger partial charge in [0.1, 0.15) is 0 Å². The number of para-hydroxylation sites is 1. The molecule has 5 nitrogen and oxygen atoms in total. The monoisotopic (exact) mass is 406 g/mol. The minimum Gasteiger partial charge on any atom is -0.490 e. The average Bonchev–Trinajstić information content (AvgIpc) is 3.26. The molecule has 0 saturated carbocycles. The number of allylic oxidation sites excluding steroid dienone is 1. The largest absolute Gasteiger partial charge is 0.490 e. The Morgan fingerprint density at radius 3 is 2.90 bits per heavy atom. The van der Waals surface area contributed by atoms with Gasteiger partial charge in [0, 0.05) is 11.9 Å². The Kier molecular flexibility index (Phi) is 5.11. The molecule has 2 heterocycles. The van der Waals surface area contributed by atoms with Gasteiger partial charge < -0.3 is 13.7 Å². The molecular weight excluding hydrogens is 384 g/mol. The van der Waals surface area contributed by atoms with Gasteiger partial charge in [0.05, 0.1) is 16.8 Å². The topological polar surface area (TPSA) is 56.7 Å². The molecule has 2 aromatic carbocycles. The molecule has 0 bridgehead atoms. The average molecular weight is 407 g/mol. The van der Waals surface area contributed by atoms with Crippen molar-refractivity contribution in [2.24, 2.45) is 4.99 Å². The highest BCUT2D eigenvalue weighted by Gasteiger charge is 2.16. The highest BCUT2D eigenvalue weighted by atomic mass is 32.1. The van der Waals surface area contributed by atoms with Gasteiger partial charge in [-0.25, -0.2) is 0 Å². The summed E-state index contributed by atoms with van der Waals surface area (Å²) in [5, 5.41) is 0.816. The summed E-state index contributed by atoms with van der Waals surface area (Å²) in [6.45, 7) is 11.0. The Labute approximate surface area is 172 Å². The summed E-state index contributed by atoms with van der Waals surface area (Å²) in [4.78, 5) is 17.9. The first-order chi connectivity index (χ1) is 14.0. The zero-order valence-electron chi connectivity index (χ0n) is 16.7. The van der Waals surface area contributed by atoms with Crippen LogP contribution in [0.15, 0.2) is 58.5 Å². The molecule has 0 radical (unpaired) electrons. The number of aryl methyl sites for hydroxylation is 2. The van der Waals surface area contributed by atoms with Crippen molar-refractivity contribution >= 4 is 38.4 Å². The second-order valence-electron chi connectivity index (χ2n) is 6.85. The maximum absolute atomic E-state index is 12.9. The van der Waals surface area contributed by atoms with Gasteiger partial charge in [-0.3, -0.25) is 4.79 Å². The van der Waals surface area contributed by atoms with Crippen molar-refractivity contribution in [3.05, 3.63) is 70.7 Å². The molecule has 0 saturated heterocycles. The summed E-state index contributed by atoms with van der Waals surface area (Å²) >= 11 is 1.50. The van der Waals surface area contributed by atoms with Gasteiger partial charge in [-0.05, 0) is 50.1 Å². The van der Waals surface area contributed by atoms with Crippen molar-refractivity contribution in [1.29, 1.82) is 0 Å². The van der Waals surface area contributed by atoms with E-state index in [4.69, 9.17) is 9.15 Å². The SMILES string of the molecule is C=CCn1c(=NC(=O)c2cc3cccc(OCC)c3o2)sc2c(C)cc(C)cc21. The van der Waals surface area contributed by atoms with Gasteiger partial charge in [-0.15, -0.1) is 6.58 Å². The van der Waals surface area contributed by atoms with E-state index in [0.29, 0.717) is 29.3 Å². The standard InChI is InChI=1S/C23H22N2O3S/c1-5-10-25-17-12-14(3)11-15(4)21(17)29-23(25)24-22(26)19-13-16-8-7-9-18(27-6-2)20(16)28-19/h5,7-9,11-13H,1,6,10H2,2-4H3. The molecule has 6 heteroatoms. The number of thiazole rings is 1. The lowest BCUT2D eigenvalue weighted by Crippen LogP contribution is -2.16. The van der Waals surface area contributed by atoms with E-state index in [1.54, 1.807) is 6.07 Å². The number of furan rings is 1. The minimum atomic E-state index is -0.414. The third kappa shape index (κ3) is 3.51. The van der Waals surface area contributed by atoms with Crippen LogP contribution in [0.25, 0.3) is 21.2 Å². The van der Waals surface area contributed by atoms with Crippen LogP contribution in [-0.2, 0) is 6.54 Å². The van der Waals surface area contributed by atoms with E-state index in [2.05, 4.69) is 37.6 Å². The number of carbonyl (C=O) groups excluding carboxylic acids is 1. The number of ether oxygens (including phenoxy) is 1. The van der Waals surface area contributed by atoms with Crippen LogP contribution in [0.4, 0.5) is 0 Å². The van der Waals surface area contributed by atoms with Crippen molar-refractivity contribution < 1.29 is 13.9 Å². The Bertz CT molecular complexity index is 1310. The van der Waals surface area contributed by atoms with Gasteiger partial charge in [-0.2, -0.15) is 4.99 Å². The van der Waals surface area contributed by atoms with E-state index < -0.39 is 5.91 Å². The van der Waals surface area contributed by atoms with Crippen molar-refractivity contribution in [3.63, 3.8) is 0 Å². The number of benzene rings is 2. The summed E-state index contributed by atoms with van der Waals surface area (Å²) in [6.07, 6.45) is 1.81. The normalized spacial score (nSPS) is 12.0. The molecule has 0 unspecified atom stereocenters. The van der Waals surface area contributed by atoms with Gasteiger partial charge in [0.25, 0.3) is 0 Å². The number of carbonyl (C=O) groups is 1. The maximum Gasteiger partial charge on any atom is 0.315 e. The molecule has 0 N–H and O–H groups in total. The molecule has 0 spiro atoms. The van der Waals surface area contributed by atoms with Crippen LogP contribution >= 0.6 is 11.3 Å². The molecule has 0 fully saturated rings. The van der Waals surface area contributed by atoms with Crippen LogP contribution in [0, 0.1) is 13.8 Å². The molecule has 4 aromatic rings. The van der Waals surface area contributed by atoms with E-state index in [1.165, 1.54) is 22.5 Å². The molecule has 0 aliphatic rings. The highest BCUT2D eigenvalue weighted by molar-refractivity contribution is 7.16. The number of hydrogen-bond acceptors (Lipinski definition) is 4. The lowest BCUT2D eigenvalue weighted by atomic mass is 10.1. The van der Waals surface area contributed by atoms with Crippen molar-refractivity contribution in [2.45, 2.75) is 27.3 Å². The summed E-state index contributed by atoms with van der Waals surface area (Å²) in [5.74, 6) is 0.406. The zero-order valence-corrected chi connectivity index (χ0v) is 17.5.